The zero-order chi connectivity index (χ0) is 16.7. The summed E-state index contributed by atoms with van der Waals surface area (Å²) in [5.74, 6) is -1.19. The van der Waals surface area contributed by atoms with E-state index in [2.05, 4.69) is 5.10 Å². The highest BCUT2D eigenvalue weighted by Crippen LogP contribution is 2.46. The Labute approximate surface area is 146 Å². The van der Waals surface area contributed by atoms with Gasteiger partial charge in [0, 0.05) is 0 Å². The van der Waals surface area contributed by atoms with Gasteiger partial charge in [-0.2, -0.15) is 5.10 Å². The Morgan fingerprint density at radius 2 is 2.08 bits per heavy atom. The van der Waals surface area contributed by atoms with Crippen molar-refractivity contribution in [3.8, 4) is 5.69 Å². The van der Waals surface area contributed by atoms with E-state index in [1.807, 2.05) is 41.1 Å². The van der Waals surface area contributed by atoms with E-state index in [0.717, 1.165) is 10.7 Å². The topological polar surface area (TPSA) is 75.4 Å². The first kappa shape index (κ1) is 15.3. The summed E-state index contributed by atoms with van der Waals surface area (Å²) < 4.78 is 1.75. The lowest BCUT2D eigenvalue weighted by atomic mass is 10.1. The van der Waals surface area contributed by atoms with Crippen LogP contribution in [-0.4, -0.2) is 41.6 Å². The molecule has 1 N–H and O–H groups in total. The lowest BCUT2D eigenvalue weighted by molar-refractivity contribution is -0.146. The second-order valence-electron chi connectivity index (χ2n) is 5.32. The van der Waals surface area contributed by atoms with Crippen molar-refractivity contribution in [2.75, 3.05) is 0 Å². The van der Waals surface area contributed by atoms with Crippen molar-refractivity contribution in [2.45, 2.75) is 21.4 Å². The van der Waals surface area contributed by atoms with Gasteiger partial charge in [-0.05, 0) is 24.3 Å². The molecule has 24 heavy (non-hydrogen) atoms. The van der Waals surface area contributed by atoms with Gasteiger partial charge in [0.15, 0.2) is 0 Å². The Morgan fingerprint density at radius 1 is 1.29 bits per heavy atom. The molecule has 0 radical (unpaired) electrons. The first-order chi connectivity index (χ1) is 11.6. The average Bonchev–Trinajstić information content (AvgIpc) is 3.02. The molecular weight excluding hydrogens is 346 g/mol. The lowest BCUT2D eigenvalue weighted by Crippen LogP contribution is -2.53. The van der Waals surface area contributed by atoms with Gasteiger partial charge in [-0.15, -0.1) is 11.8 Å². The Hall–Kier alpha value is -2.19. The number of para-hydroxylation sites is 1. The number of β-lactam (4-membered cyclic amide) rings is 1. The number of rotatable bonds is 4. The van der Waals surface area contributed by atoms with Gasteiger partial charge in [0.05, 0.1) is 28.3 Å². The van der Waals surface area contributed by atoms with E-state index in [1.165, 1.54) is 4.90 Å². The van der Waals surface area contributed by atoms with Gasteiger partial charge in [0.2, 0.25) is 5.91 Å². The highest BCUT2D eigenvalue weighted by atomic mass is 32.2. The van der Waals surface area contributed by atoms with E-state index in [-0.39, 0.29) is 21.6 Å². The van der Waals surface area contributed by atoms with E-state index >= 15 is 0 Å². The van der Waals surface area contributed by atoms with Gasteiger partial charge >= 0.3 is 5.97 Å². The SMILES string of the molecule is O=C(O)C1=CC(Sc2ccnn2-c2ccccc2)S[C@@H]2CC(=O)N12. The third kappa shape index (κ3) is 2.61. The van der Waals surface area contributed by atoms with Crippen molar-refractivity contribution in [3.05, 3.63) is 54.4 Å². The predicted molar refractivity (Wildman–Crippen MR) is 91.8 cm³/mol. The third-order valence-corrected chi connectivity index (χ3v) is 6.45. The number of aromatic nitrogens is 2. The quantitative estimate of drug-likeness (QED) is 0.846. The number of hydrogen-bond acceptors (Lipinski definition) is 5. The minimum Gasteiger partial charge on any atom is -0.477 e. The maximum absolute atomic E-state index is 11.6. The number of carbonyl (C=O) groups excluding carboxylic acids is 1. The largest absolute Gasteiger partial charge is 0.477 e. The standard InChI is InChI=1S/C16H13N3O3S2/c20-12-9-14-18(12)11(16(21)22)8-15(24-14)23-13-6-7-17-19(13)10-4-2-1-3-5-10/h1-8,14-15H,9H2,(H,21,22)/t14-,15?/m1/s1. The Kier molecular flexibility index (Phi) is 3.85. The number of carboxylic acids is 1. The van der Waals surface area contributed by atoms with E-state index < -0.39 is 5.97 Å². The summed E-state index contributed by atoms with van der Waals surface area (Å²) in [6.45, 7) is 0. The Morgan fingerprint density at radius 3 is 2.79 bits per heavy atom. The smallest absolute Gasteiger partial charge is 0.352 e. The van der Waals surface area contributed by atoms with Crippen LogP contribution in [0.2, 0.25) is 0 Å². The van der Waals surface area contributed by atoms with Crippen LogP contribution in [0.3, 0.4) is 0 Å². The van der Waals surface area contributed by atoms with Crippen LogP contribution in [0.15, 0.2) is 59.4 Å². The highest BCUT2D eigenvalue weighted by Gasteiger charge is 2.45. The molecule has 2 aromatic rings. The summed E-state index contributed by atoms with van der Waals surface area (Å²) in [5.41, 5.74) is 1.03. The van der Waals surface area contributed by atoms with Crippen LogP contribution < -0.4 is 0 Å². The molecule has 1 saturated heterocycles. The summed E-state index contributed by atoms with van der Waals surface area (Å²) in [5, 5.41) is 14.6. The normalized spacial score (nSPS) is 22.6. The molecule has 6 nitrogen and oxygen atoms in total. The van der Waals surface area contributed by atoms with E-state index in [1.54, 1.807) is 35.8 Å². The summed E-state index contributed by atoms with van der Waals surface area (Å²) in [6.07, 6.45) is 3.77. The molecule has 3 heterocycles. The minimum absolute atomic E-state index is 0.0791. The van der Waals surface area contributed by atoms with Gasteiger partial charge < -0.3 is 5.11 Å². The van der Waals surface area contributed by atoms with Crippen LogP contribution in [0.5, 0.6) is 0 Å². The summed E-state index contributed by atoms with van der Waals surface area (Å²) >= 11 is 3.14. The van der Waals surface area contributed by atoms with E-state index in [0.29, 0.717) is 6.42 Å². The maximum Gasteiger partial charge on any atom is 0.352 e. The minimum atomic E-state index is -1.06. The average molecular weight is 359 g/mol. The van der Waals surface area contributed by atoms with E-state index in [9.17, 15) is 14.7 Å². The van der Waals surface area contributed by atoms with Gasteiger partial charge in [0.25, 0.3) is 0 Å². The number of nitrogens with zero attached hydrogens (tertiary/aromatic N) is 3. The molecule has 2 aliphatic rings. The van der Waals surface area contributed by atoms with Crippen molar-refractivity contribution < 1.29 is 14.7 Å². The molecule has 8 heteroatoms. The number of hydrogen-bond donors (Lipinski definition) is 1. The second kappa shape index (κ2) is 6.03. The number of fused-ring (bicyclic) bond motifs is 1. The zero-order valence-corrected chi connectivity index (χ0v) is 14.0. The highest BCUT2D eigenvalue weighted by molar-refractivity contribution is 8.17. The monoisotopic (exact) mass is 359 g/mol. The van der Waals surface area contributed by atoms with Crippen LogP contribution in [-0.2, 0) is 9.59 Å². The maximum atomic E-state index is 11.6. The van der Waals surface area contributed by atoms with E-state index in [4.69, 9.17) is 0 Å². The number of aliphatic carboxylic acids is 1. The van der Waals surface area contributed by atoms with Crippen molar-refractivity contribution >= 4 is 35.4 Å². The molecule has 1 amide bonds. The van der Waals surface area contributed by atoms with Crippen LogP contribution in [0, 0.1) is 0 Å². The molecule has 1 aromatic carbocycles. The number of benzene rings is 1. The van der Waals surface area contributed by atoms with Crippen molar-refractivity contribution in [1.82, 2.24) is 14.7 Å². The molecular formula is C16H13N3O3S2. The second-order valence-corrected chi connectivity index (χ2v) is 8.10. The van der Waals surface area contributed by atoms with Gasteiger partial charge in [-0.25, -0.2) is 9.48 Å². The molecule has 1 aromatic heterocycles. The fourth-order valence-corrected chi connectivity index (χ4v) is 5.53. The Balaban J connectivity index is 1.61. The Bertz CT molecular complexity index is 834. The van der Waals surface area contributed by atoms with Gasteiger partial charge in [-0.3, -0.25) is 9.69 Å². The summed E-state index contributed by atoms with van der Waals surface area (Å²) in [4.78, 5) is 24.4. The van der Waals surface area contributed by atoms with Crippen molar-refractivity contribution in [2.24, 2.45) is 0 Å². The first-order valence-corrected chi connectivity index (χ1v) is 9.14. The number of carbonyl (C=O) groups is 2. The van der Waals surface area contributed by atoms with Crippen molar-refractivity contribution in [1.29, 1.82) is 0 Å². The fourth-order valence-electron chi connectivity index (χ4n) is 2.69. The molecule has 2 atom stereocenters. The predicted octanol–water partition coefficient (Wildman–Crippen LogP) is 2.56. The summed E-state index contributed by atoms with van der Waals surface area (Å²) in [6, 6.07) is 11.7. The molecule has 0 aliphatic carbocycles. The number of carboxylic acid groups (broad SMARTS) is 1. The number of amides is 1. The van der Waals surface area contributed by atoms with Crippen LogP contribution in [0.25, 0.3) is 5.69 Å². The van der Waals surface area contributed by atoms with Gasteiger partial charge in [-0.1, -0.05) is 30.0 Å². The molecule has 0 bridgehead atoms. The van der Waals surface area contributed by atoms with Crippen LogP contribution in [0.1, 0.15) is 6.42 Å². The third-order valence-electron chi connectivity index (χ3n) is 3.82. The molecule has 4 rings (SSSR count). The molecule has 0 spiro atoms. The van der Waals surface area contributed by atoms with Gasteiger partial charge in [0.1, 0.15) is 10.7 Å². The molecule has 0 saturated carbocycles. The van der Waals surface area contributed by atoms with Crippen LogP contribution >= 0.6 is 23.5 Å². The zero-order valence-electron chi connectivity index (χ0n) is 12.4. The molecule has 2 aliphatic heterocycles. The molecule has 122 valence electrons. The fraction of sp³-hybridized carbons (Fsp3) is 0.188. The lowest BCUT2D eigenvalue weighted by Gasteiger charge is -2.44. The summed E-state index contributed by atoms with van der Waals surface area (Å²) in [7, 11) is 0. The van der Waals surface area contributed by atoms with Crippen LogP contribution in [0.4, 0.5) is 0 Å². The number of thioether (sulfide) groups is 2. The molecule has 1 fully saturated rings. The first-order valence-electron chi connectivity index (χ1n) is 7.32. The molecule has 1 unspecified atom stereocenters. The van der Waals surface area contributed by atoms with Crippen molar-refractivity contribution in [3.63, 3.8) is 0 Å².